The third kappa shape index (κ3) is 2.27. The molecule has 0 unspecified atom stereocenters. The monoisotopic (exact) mass is 247 g/mol. The summed E-state index contributed by atoms with van der Waals surface area (Å²) in [5.41, 5.74) is 3.89. The number of fused-ring (bicyclic) bond motifs is 1. The third-order valence-corrected chi connectivity index (χ3v) is 3.96. The molecule has 0 amide bonds. The van der Waals surface area contributed by atoms with E-state index in [-0.39, 0.29) is 0 Å². The molecule has 2 aliphatic rings. The van der Waals surface area contributed by atoms with Gasteiger partial charge in [0.15, 0.2) is 0 Å². The van der Waals surface area contributed by atoms with E-state index in [0.717, 1.165) is 57.8 Å². The third-order valence-electron chi connectivity index (χ3n) is 3.96. The average Bonchev–Trinajstić information content (AvgIpc) is 2.47. The summed E-state index contributed by atoms with van der Waals surface area (Å²) in [6, 6.07) is 0. The van der Waals surface area contributed by atoms with E-state index in [2.05, 4.69) is 12.2 Å². The Morgan fingerprint density at radius 3 is 2.89 bits per heavy atom. The van der Waals surface area contributed by atoms with E-state index in [0.29, 0.717) is 5.92 Å². The summed E-state index contributed by atoms with van der Waals surface area (Å²) in [6.07, 6.45) is 4.22. The molecule has 0 atom stereocenters. The quantitative estimate of drug-likeness (QED) is 0.862. The van der Waals surface area contributed by atoms with Gasteiger partial charge in [0.2, 0.25) is 0 Å². The van der Waals surface area contributed by atoms with Crippen LogP contribution in [0.4, 0.5) is 0 Å². The molecular weight excluding hydrogens is 226 g/mol. The predicted molar refractivity (Wildman–Crippen MR) is 69.6 cm³/mol. The topological polar surface area (TPSA) is 47.0 Å². The van der Waals surface area contributed by atoms with E-state index in [1.54, 1.807) is 0 Å². The van der Waals surface area contributed by atoms with Crippen molar-refractivity contribution in [2.24, 2.45) is 0 Å². The molecule has 0 saturated carbocycles. The number of aromatic nitrogens is 2. The highest BCUT2D eigenvalue weighted by Gasteiger charge is 2.22. The fraction of sp³-hybridized carbons (Fsp3) is 0.714. The van der Waals surface area contributed by atoms with Gasteiger partial charge in [-0.15, -0.1) is 0 Å². The molecule has 1 N–H and O–H groups in total. The molecule has 0 aliphatic carbocycles. The molecule has 1 aromatic rings. The molecule has 1 aromatic heterocycles. The lowest BCUT2D eigenvalue weighted by Crippen LogP contribution is -2.28. The van der Waals surface area contributed by atoms with Gasteiger partial charge < -0.3 is 10.1 Å². The van der Waals surface area contributed by atoms with Crippen molar-refractivity contribution >= 4 is 0 Å². The fourth-order valence-electron chi connectivity index (χ4n) is 2.89. The van der Waals surface area contributed by atoms with Crippen molar-refractivity contribution < 1.29 is 4.74 Å². The highest BCUT2D eigenvalue weighted by Crippen LogP contribution is 2.26. The van der Waals surface area contributed by atoms with Crippen molar-refractivity contribution in [3.8, 4) is 0 Å². The van der Waals surface area contributed by atoms with E-state index in [1.165, 1.54) is 17.0 Å². The van der Waals surface area contributed by atoms with Gasteiger partial charge in [-0.05, 0) is 37.8 Å². The Balaban J connectivity index is 1.94. The largest absolute Gasteiger partial charge is 0.381 e. The van der Waals surface area contributed by atoms with Gasteiger partial charge in [0.05, 0.1) is 5.69 Å². The molecule has 3 heterocycles. The highest BCUT2D eigenvalue weighted by atomic mass is 16.5. The van der Waals surface area contributed by atoms with Crippen LogP contribution in [0.5, 0.6) is 0 Å². The molecule has 98 valence electrons. The minimum absolute atomic E-state index is 0.497. The Labute approximate surface area is 108 Å². The van der Waals surface area contributed by atoms with Crippen LogP contribution in [-0.4, -0.2) is 29.7 Å². The van der Waals surface area contributed by atoms with E-state index >= 15 is 0 Å². The summed E-state index contributed by atoms with van der Waals surface area (Å²) in [5.74, 6) is 1.55. The van der Waals surface area contributed by atoms with Gasteiger partial charge in [-0.25, -0.2) is 9.97 Å². The van der Waals surface area contributed by atoms with Gasteiger partial charge in [0, 0.05) is 31.4 Å². The predicted octanol–water partition coefficient (Wildman–Crippen LogP) is 1.58. The first kappa shape index (κ1) is 12.1. The average molecular weight is 247 g/mol. The Hall–Kier alpha value is -1.00. The SMILES string of the molecule is CCc1nc(C2CCOCC2)nc2c1CCNC2. The van der Waals surface area contributed by atoms with Crippen LogP contribution in [-0.2, 0) is 24.1 Å². The molecule has 0 spiro atoms. The van der Waals surface area contributed by atoms with E-state index < -0.39 is 0 Å². The molecule has 1 fully saturated rings. The Morgan fingerprint density at radius 2 is 2.11 bits per heavy atom. The summed E-state index contributed by atoms with van der Waals surface area (Å²) < 4.78 is 5.42. The summed E-state index contributed by atoms with van der Waals surface area (Å²) in [7, 11) is 0. The maximum atomic E-state index is 5.42. The number of ether oxygens (including phenoxy) is 1. The summed E-state index contributed by atoms with van der Waals surface area (Å²) in [4.78, 5) is 9.65. The van der Waals surface area contributed by atoms with E-state index in [1.807, 2.05) is 0 Å². The molecule has 2 aliphatic heterocycles. The molecule has 3 rings (SSSR count). The van der Waals surface area contributed by atoms with Crippen LogP contribution < -0.4 is 5.32 Å². The van der Waals surface area contributed by atoms with Crippen LogP contribution in [0.1, 0.15) is 48.5 Å². The number of hydrogen-bond donors (Lipinski definition) is 1. The Morgan fingerprint density at radius 1 is 1.28 bits per heavy atom. The number of nitrogens with zero attached hydrogens (tertiary/aromatic N) is 2. The summed E-state index contributed by atoms with van der Waals surface area (Å²) >= 11 is 0. The van der Waals surface area contributed by atoms with Crippen LogP contribution >= 0.6 is 0 Å². The van der Waals surface area contributed by atoms with Crippen LogP contribution in [0.15, 0.2) is 0 Å². The van der Waals surface area contributed by atoms with Gasteiger partial charge in [-0.1, -0.05) is 6.92 Å². The standard InChI is InChI=1S/C14H21N3O/c1-2-12-11-3-6-15-9-13(11)17-14(16-12)10-4-7-18-8-5-10/h10,15H,2-9H2,1H3. The van der Waals surface area contributed by atoms with E-state index in [9.17, 15) is 0 Å². The van der Waals surface area contributed by atoms with Crippen LogP contribution in [0, 0.1) is 0 Å². The first-order valence-corrected chi connectivity index (χ1v) is 7.05. The number of aryl methyl sites for hydroxylation is 1. The highest BCUT2D eigenvalue weighted by molar-refractivity contribution is 5.29. The zero-order chi connectivity index (χ0) is 12.4. The maximum absolute atomic E-state index is 5.42. The molecule has 18 heavy (non-hydrogen) atoms. The molecule has 0 bridgehead atoms. The smallest absolute Gasteiger partial charge is 0.132 e. The van der Waals surface area contributed by atoms with Crippen molar-refractivity contribution in [2.75, 3.05) is 19.8 Å². The first-order chi connectivity index (χ1) is 8.88. The van der Waals surface area contributed by atoms with Gasteiger partial charge in [-0.2, -0.15) is 0 Å². The van der Waals surface area contributed by atoms with Crippen LogP contribution in [0.3, 0.4) is 0 Å². The minimum atomic E-state index is 0.497. The van der Waals surface area contributed by atoms with Crippen molar-refractivity contribution in [3.05, 3.63) is 22.8 Å². The van der Waals surface area contributed by atoms with Gasteiger partial charge in [0.1, 0.15) is 5.82 Å². The number of nitrogens with one attached hydrogen (secondary N) is 1. The number of hydrogen-bond acceptors (Lipinski definition) is 4. The Bertz CT molecular complexity index is 410. The second-order valence-electron chi connectivity index (χ2n) is 5.12. The van der Waals surface area contributed by atoms with Gasteiger partial charge in [0.25, 0.3) is 0 Å². The van der Waals surface area contributed by atoms with Crippen molar-refractivity contribution in [2.45, 2.75) is 45.1 Å². The molecular formula is C14H21N3O. The molecule has 0 aromatic carbocycles. The maximum Gasteiger partial charge on any atom is 0.132 e. The zero-order valence-corrected chi connectivity index (χ0v) is 11.0. The van der Waals surface area contributed by atoms with Crippen LogP contribution in [0.2, 0.25) is 0 Å². The Kier molecular flexibility index (Phi) is 3.57. The van der Waals surface area contributed by atoms with Gasteiger partial charge >= 0.3 is 0 Å². The van der Waals surface area contributed by atoms with Crippen LogP contribution in [0.25, 0.3) is 0 Å². The second kappa shape index (κ2) is 5.33. The molecule has 0 radical (unpaired) electrons. The minimum Gasteiger partial charge on any atom is -0.381 e. The van der Waals surface area contributed by atoms with Crippen molar-refractivity contribution in [3.63, 3.8) is 0 Å². The molecule has 1 saturated heterocycles. The lowest BCUT2D eigenvalue weighted by atomic mass is 9.97. The second-order valence-corrected chi connectivity index (χ2v) is 5.12. The van der Waals surface area contributed by atoms with E-state index in [4.69, 9.17) is 14.7 Å². The number of rotatable bonds is 2. The molecule has 4 nitrogen and oxygen atoms in total. The zero-order valence-electron chi connectivity index (χ0n) is 11.0. The fourth-order valence-corrected chi connectivity index (χ4v) is 2.89. The first-order valence-electron chi connectivity index (χ1n) is 7.05. The van der Waals surface area contributed by atoms with Gasteiger partial charge in [-0.3, -0.25) is 0 Å². The lowest BCUT2D eigenvalue weighted by molar-refractivity contribution is 0.0834. The molecule has 4 heteroatoms. The van der Waals surface area contributed by atoms with Crippen molar-refractivity contribution in [1.29, 1.82) is 0 Å². The summed E-state index contributed by atoms with van der Waals surface area (Å²) in [6.45, 7) is 5.86. The van der Waals surface area contributed by atoms with Crippen molar-refractivity contribution in [1.82, 2.24) is 15.3 Å². The lowest BCUT2D eigenvalue weighted by Gasteiger charge is -2.24. The summed E-state index contributed by atoms with van der Waals surface area (Å²) in [5, 5.41) is 3.41. The normalized spacial score (nSPS) is 20.7.